The van der Waals surface area contributed by atoms with Crippen molar-refractivity contribution in [2.24, 2.45) is 5.73 Å². The molecule has 1 saturated heterocycles. The van der Waals surface area contributed by atoms with Crippen LogP contribution in [0.2, 0.25) is 0 Å². The molecule has 0 saturated carbocycles. The highest BCUT2D eigenvalue weighted by molar-refractivity contribution is 5.80. The van der Waals surface area contributed by atoms with E-state index in [0.717, 1.165) is 32.4 Å². The average molecular weight is 293 g/mol. The molecule has 21 heavy (non-hydrogen) atoms. The molecule has 1 aliphatic carbocycles. The van der Waals surface area contributed by atoms with Crippen LogP contribution in [0.25, 0.3) is 0 Å². The van der Waals surface area contributed by atoms with Crippen molar-refractivity contribution >= 4 is 5.91 Å². The van der Waals surface area contributed by atoms with Crippen LogP contribution in [0.15, 0.2) is 11.8 Å². The largest absolute Gasteiger partial charge is 0.327 e. The molecule has 0 aromatic rings. The third-order valence-corrected chi connectivity index (χ3v) is 4.84. The van der Waals surface area contributed by atoms with Crippen molar-refractivity contribution in [3.05, 3.63) is 11.8 Å². The summed E-state index contributed by atoms with van der Waals surface area (Å²) in [6, 6.07) is 0.504. The highest BCUT2D eigenvalue weighted by Crippen LogP contribution is 2.23. The Morgan fingerprint density at radius 3 is 2.86 bits per heavy atom. The van der Waals surface area contributed by atoms with Gasteiger partial charge in [-0.05, 0) is 58.9 Å². The van der Waals surface area contributed by atoms with Gasteiger partial charge in [0.15, 0.2) is 0 Å². The summed E-state index contributed by atoms with van der Waals surface area (Å²) in [5.74, 6) is 0.248. The normalized spacial score (nSPS) is 25.3. The molecule has 0 spiro atoms. The standard InChI is InChI=1S/C17H31N3O/c1-3-20(15-9-5-4-6-10-15)17(21)13-19-12-8-7-11-16(19)14(2)18/h9,14,16H,3-8,10-13,18H2,1-2H3. The quantitative estimate of drug-likeness (QED) is 0.847. The van der Waals surface area contributed by atoms with Crippen molar-refractivity contribution in [2.45, 2.75) is 70.9 Å². The highest BCUT2D eigenvalue weighted by atomic mass is 16.2. The zero-order chi connectivity index (χ0) is 15.2. The minimum absolute atomic E-state index is 0.141. The van der Waals surface area contributed by atoms with E-state index in [2.05, 4.69) is 24.8 Å². The second-order valence-corrected chi connectivity index (χ2v) is 6.47. The molecule has 2 aliphatic rings. The number of carbonyl (C=O) groups is 1. The first-order chi connectivity index (χ1) is 10.1. The van der Waals surface area contributed by atoms with Crippen molar-refractivity contribution < 1.29 is 4.79 Å². The minimum Gasteiger partial charge on any atom is -0.327 e. The number of amides is 1. The lowest BCUT2D eigenvalue weighted by Gasteiger charge is -2.39. The first-order valence-electron chi connectivity index (χ1n) is 8.62. The van der Waals surface area contributed by atoms with Gasteiger partial charge in [0, 0.05) is 24.3 Å². The van der Waals surface area contributed by atoms with Gasteiger partial charge in [0.2, 0.25) is 5.91 Å². The molecule has 0 radical (unpaired) electrons. The van der Waals surface area contributed by atoms with Gasteiger partial charge in [0.25, 0.3) is 0 Å². The molecule has 2 rings (SSSR count). The Labute approximate surface area is 129 Å². The molecule has 1 amide bonds. The van der Waals surface area contributed by atoms with Gasteiger partial charge in [0.1, 0.15) is 0 Å². The van der Waals surface area contributed by atoms with Crippen molar-refractivity contribution in [3.63, 3.8) is 0 Å². The summed E-state index contributed by atoms with van der Waals surface area (Å²) < 4.78 is 0. The van der Waals surface area contributed by atoms with E-state index in [1.54, 1.807) is 0 Å². The Morgan fingerprint density at radius 2 is 2.24 bits per heavy atom. The first-order valence-corrected chi connectivity index (χ1v) is 8.62. The summed E-state index contributed by atoms with van der Waals surface area (Å²) in [6.07, 6.45) is 10.4. The number of rotatable bonds is 5. The lowest BCUT2D eigenvalue weighted by atomic mass is 9.97. The number of likely N-dealkylation sites (tertiary alicyclic amines) is 1. The van der Waals surface area contributed by atoms with Gasteiger partial charge in [-0.1, -0.05) is 12.5 Å². The number of carbonyl (C=O) groups excluding carboxylic acids is 1. The Balaban J connectivity index is 1.99. The van der Waals surface area contributed by atoms with Crippen LogP contribution in [-0.4, -0.2) is 47.4 Å². The second-order valence-electron chi connectivity index (χ2n) is 6.47. The number of piperidine rings is 1. The van der Waals surface area contributed by atoms with E-state index in [1.807, 2.05) is 4.90 Å². The fourth-order valence-corrected chi connectivity index (χ4v) is 3.67. The molecule has 1 heterocycles. The van der Waals surface area contributed by atoms with Crippen LogP contribution in [0.5, 0.6) is 0 Å². The van der Waals surface area contributed by atoms with Crippen molar-refractivity contribution in [1.29, 1.82) is 0 Å². The lowest BCUT2D eigenvalue weighted by molar-refractivity contribution is -0.131. The highest BCUT2D eigenvalue weighted by Gasteiger charge is 2.28. The summed E-state index contributed by atoms with van der Waals surface area (Å²) in [6.45, 7) is 6.45. The Bertz CT molecular complexity index is 378. The number of hydrogen-bond acceptors (Lipinski definition) is 3. The monoisotopic (exact) mass is 293 g/mol. The van der Waals surface area contributed by atoms with Crippen molar-refractivity contribution in [2.75, 3.05) is 19.6 Å². The van der Waals surface area contributed by atoms with E-state index in [9.17, 15) is 4.79 Å². The van der Waals surface area contributed by atoms with E-state index in [4.69, 9.17) is 5.73 Å². The fourth-order valence-electron chi connectivity index (χ4n) is 3.67. The van der Waals surface area contributed by atoms with E-state index in [1.165, 1.54) is 31.4 Å². The zero-order valence-electron chi connectivity index (χ0n) is 13.7. The molecular weight excluding hydrogens is 262 g/mol. The number of likely N-dealkylation sites (N-methyl/N-ethyl adjacent to an activating group) is 1. The summed E-state index contributed by atoms with van der Waals surface area (Å²) in [5.41, 5.74) is 7.35. The third-order valence-electron chi connectivity index (χ3n) is 4.84. The number of nitrogens with zero attached hydrogens (tertiary/aromatic N) is 2. The molecule has 0 aromatic heterocycles. The van der Waals surface area contributed by atoms with Gasteiger partial charge in [-0.15, -0.1) is 0 Å². The maximum atomic E-state index is 12.7. The molecule has 1 aliphatic heterocycles. The third kappa shape index (κ3) is 4.30. The van der Waals surface area contributed by atoms with E-state index < -0.39 is 0 Å². The van der Waals surface area contributed by atoms with Gasteiger partial charge >= 0.3 is 0 Å². The van der Waals surface area contributed by atoms with E-state index in [-0.39, 0.29) is 11.9 Å². The minimum atomic E-state index is 0.141. The second kappa shape index (κ2) is 7.95. The average Bonchev–Trinajstić information content (AvgIpc) is 2.49. The van der Waals surface area contributed by atoms with Crippen LogP contribution in [0.1, 0.15) is 58.8 Å². The topological polar surface area (TPSA) is 49.6 Å². The van der Waals surface area contributed by atoms with Crippen LogP contribution in [-0.2, 0) is 4.79 Å². The molecule has 0 bridgehead atoms. The zero-order valence-corrected chi connectivity index (χ0v) is 13.7. The van der Waals surface area contributed by atoms with Gasteiger partial charge < -0.3 is 10.6 Å². The molecule has 2 N–H and O–H groups in total. The fraction of sp³-hybridized carbons (Fsp3) is 0.824. The molecule has 0 aromatic carbocycles. The molecule has 2 atom stereocenters. The van der Waals surface area contributed by atoms with E-state index in [0.29, 0.717) is 12.6 Å². The molecule has 4 nitrogen and oxygen atoms in total. The molecule has 4 heteroatoms. The number of allylic oxidation sites excluding steroid dienone is 2. The van der Waals surface area contributed by atoms with Gasteiger partial charge in [-0.3, -0.25) is 9.69 Å². The smallest absolute Gasteiger partial charge is 0.240 e. The van der Waals surface area contributed by atoms with Crippen LogP contribution in [0.3, 0.4) is 0 Å². The predicted octanol–water partition coefficient (Wildman–Crippen LogP) is 2.49. The Kier molecular flexibility index (Phi) is 6.24. The summed E-state index contributed by atoms with van der Waals surface area (Å²) in [7, 11) is 0. The van der Waals surface area contributed by atoms with Gasteiger partial charge in [-0.25, -0.2) is 0 Å². The SMILES string of the molecule is CCN(C(=O)CN1CCCCC1C(C)N)C1=CCCCC1. The summed E-state index contributed by atoms with van der Waals surface area (Å²) in [5, 5.41) is 0. The molecular formula is C17H31N3O. The molecule has 120 valence electrons. The van der Waals surface area contributed by atoms with Gasteiger partial charge in [-0.2, -0.15) is 0 Å². The van der Waals surface area contributed by atoms with Crippen LogP contribution >= 0.6 is 0 Å². The maximum absolute atomic E-state index is 12.7. The van der Waals surface area contributed by atoms with Crippen molar-refractivity contribution in [1.82, 2.24) is 9.80 Å². The van der Waals surface area contributed by atoms with Crippen molar-refractivity contribution in [3.8, 4) is 0 Å². The van der Waals surface area contributed by atoms with Gasteiger partial charge in [0.05, 0.1) is 6.54 Å². The van der Waals surface area contributed by atoms with E-state index >= 15 is 0 Å². The lowest BCUT2D eigenvalue weighted by Crippen LogP contribution is -2.52. The van der Waals surface area contributed by atoms with Crippen LogP contribution in [0.4, 0.5) is 0 Å². The summed E-state index contributed by atoms with van der Waals surface area (Å²) in [4.78, 5) is 17.0. The molecule has 2 unspecified atom stereocenters. The molecule has 1 fully saturated rings. The number of nitrogens with two attached hydrogens (primary N) is 1. The predicted molar refractivity (Wildman–Crippen MR) is 86.8 cm³/mol. The first kappa shape index (κ1) is 16.5. The number of hydrogen-bond donors (Lipinski definition) is 1. The van der Waals surface area contributed by atoms with Crippen LogP contribution in [0, 0.1) is 0 Å². The van der Waals surface area contributed by atoms with Crippen LogP contribution < -0.4 is 5.73 Å². The maximum Gasteiger partial charge on any atom is 0.240 e. The summed E-state index contributed by atoms with van der Waals surface area (Å²) >= 11 is 0. The Morgan fingerprint density at radius 1 is 1.43 bits per heavy atom. The Hall–Kier alpha value is -0.870.